The van der Waals surface area contributed by atoms with Gasteiger partial charge in [0.1, 0.15) is 11.5 Å². The molecule has 2 aromatic heterocycles. The highest BCUT2D eigenvalue weighted by Crippen LogP contribution is 2.34. The maximum Gasteiger partial charge on any atom is 0.277 e. The molecule has 158 valence electrons. The monoisotopic (exact) mass is 426 g/mol. The van der Waals surface area contributed by atoms with E-state index in [0.29, 0.717) is 50.5 Å². The van der Waals surface area contributed by atoms with Crippen LogP contribution in [0.3, 0.4) is 0 Å². The van der Waals surface area contributed by atoms with Gasteiger partial charge in [-0.25, -0.2) is 4.98 Å². The molecule has 0 aromatic carbocycles. The fourth-order valence-corrected chi connectivity index (χ4v) is 4.63. The highest BCUT2D eigenvalue weighted by atomic mass is 32.1. The summed E-state index contributed by atoms with van der Waals surface area (Å²) in [7, 11) is 0. The van der Waals surface area contributed by atoms with E-state index in [1.807, 2.05) is 42.6 Å². The number of pyridine rings is 1. The number of carbonyl (C=O) groups is 2. The van der Waals surface area contributed by atoms with Crippen molar-refractivity contribution in [1.29, 1.82) is 0 Å². The Labute approximate surface area is 180 Å². The van der Waals surface area contributed by atoms with E-state index in [0.717, 1.165) is 23.8 Å². The first kappa shape index (κ1) is 20.6. The van der Waals surface area contributed by atoms with E-state index >= 15 is 0 Å². The summed E-state index contributed by atoms with van der Waals surface area (Å²) in [6, 6.07) is 9.71. The molecule has 0 radical (unpaired) electrons. The number of carbonyl (C=O) groups excluding carboxylic acids is 2. The zero-order valence-electron chi connectivity index (χ0n) is 17.1. The predicted molar refractivity (Wildman–Crippen MR) is 117 cm³/mol. The van der Waals surface area contributed by atoms with Crippen LogP contribution in [0.1, 0.15) is 18.2 Å². The van der Waals surface area contributed by atoms with Gasteiger partial charge in [0.05, 0.1) is 5.57 Å². The molecule has 0 unspecified atom stereocenters. The summed E-state index contributed by atoms with van der Waals surface area (Å²) in [5.41, 5.74) is 1.08. The summed E-state index contributed by atoms with van der Waals surface area (Å²) < 4.78 is 5.38. The molecule has 0 saturated carbocycles. The number of ether oxygens (including phenoxy) is 1. The number of nitrogens with zero attached hydrogens (tertiary/aromatic N) is 4. The second kappa shape index (κ2) is 9.40. The number of imide groups is 1. The molecule has 0 aliphatic carbocycles. The molecule has 2 aliphatic rings. The van der Waals surface area contributed by atoms with Crippen molar-refractivity contribution in [1.82, 2.24) is 14.8 Å². The lowest BCUT2D eigenvalue weighted by Crippen LogP contribution is -2.48. The second-order valence-electron chi connectivity index (χ2n) is 7.18. The molecule has 8 heteroatoms. The van der Waals surface area contributed by atoms with Gasteiger partial charge in [-0.1, -0.05) is 12.1 Å². The van der Waals surface area contributed by atoms with Gasteiger partial charge in [-0.05, 0) is 36.9 Å². The average molecular weight is 427 g/mol. The van der Waals surface area contributed by atoms with Crippen LogP contribution >= 0.6 is 11.3 Å². The highest BCUT2D eigenvalue weighted by Gasteiger charge is 2.42. The SMILES string of the molecule is CCOCCCN1C(=O)C(c2cccs2)=C(N2CCN(c3ccccn3)CC2)C1=O. The summed E-state index contributed by atoms with van der Waals surface area (Å²) in [4.78, 5) is 37.4. The van der Waals surface area contributed by atoms with Crippen molar-refractivity contribution in [3.05, 3.63) is 52.5 Å². The molecule has 0 atom stereocenters. The summed E-state index contributed by atoms with van der Waals surface area (Å²) in [6.07, 6.45) is 2.43. The summed E-state index contributed by atoms with van der Waals surface area (Å²) in [6.45, 7) is 6.34. The molecule has 7 nitrogen and oxygen atoms in total. The van der Waals surface area contributed by atoms with Gasteiger partial charge >= 0.3 is 0 Å². The van der Waals surface area contributed by atoms with Crippen molar-refractivity contribution in [2.75, 3.05) is 50.8 Å². The molecule has 2 aliphatic heterocycles. The van der Waals surface area contributed by atoms with Crippen LogP contribution in [0.4, 0.5) is 5.82 Å². The van der Waals surface area contributed by atoms with Crippen LogP contribution < -0.4 is 4.90 Å². The first-order chi connectivity index (χ1) is 14.7. The molecule has 4 heterocycles. The normalized spacial score (nSPS) is 17.4. The minimum Gasteiger partial charge on any atom is -0.382 e. The van der Waals surface area contributed by atoms with Gasteiger partial charge in [0.2, 0.25) is 0 Å². The van der Waals surface area contributed by atoms with E-state index in [2.05, 4.69) is 14.8 Å². The zero-order valence-corrected chi connectivity index (χ0v) is 17.9. The fraction of sp³-hybridized carbons (Fsp3) is 0.409. The van der Waals surface area contributed by atoms with E-state index in [4.69, 9.17) is 4.74 Å². The third kappa shape index (κ3) is 4.11. The van der Waals surface area contributed by atoms with Crippen LogP contribution in [0, 0.1) is 0 Å². The summed E-state index contributed by atoms with van der Waals surface area (Å²) >= 11 is 1.50. The average Bonchev–Trinajstić information content (AvgIpc) is 3.39. The van der Waals surface area contributed by atoms with E-state index in [1.165, 1.54) is 16.2 Å². The highest BCUT2D eigenvalue weighted by molar-refractivity contribution is 7.11. The van der Waals surface area contributed by atoms with Crippen molar-refractivity contribution in [2.24, 2.45) is 0 Å². The second-order valence-corrected chi connectivity index (χ2v) is 8.12. The maximum absolute atomic E-state index is 13.3. The van der Waals surface area contributed by atoms with Crippen molar-refractivity contribution in [2.45, 2.75) is 13.3 Å². The first-order valence-corrected chi connectivity index (χ1v) is 11.2. The third-order valence-electron chi connectivity index (χ3n) is 5.35. The molecular weight excluding hydrogens is 400 g/mol. The lowest BCUT2D eigenvalue weighted by Gasteiger charge is -2.37. The summed E-state index contributed by atoms with van der Waals surface area (Å²) in [5, 5.41) is 1.94. The Morgan fingerprint density at radius 3 is 2.50 bits per heavy atom. The topological polar surface area (TPSA) is 66.0 Å². The molecule has 1 saturated heterocycles. The Balaban J connectivity index is 1.53. The molecule has 1 fully saturated rings. The van der Waals surface area contributed by atoms with Crippen LogP contribution in [0.5, 0.6) is 0 Å². The van der Waals surface area contributed by atoms with E-state index in [-0.39, 0.29) is 11.8 Å². The van der Waals surface area contributed by atoms with Gasteiger partial charge in [-0.3, -0.25) is 14.5 Å². The Morgan fingerprint density at radius 2 is 1.83 bits per heavy atom. The van der Waals surface area contributed by atoms with Gasteiger partial charge in [0.15, 0.2) is 0 Å². The quantitative estimate of drug-likeness (QED) is 0.477. The van der Waals surface area contributed by atoms with Crippen molar-refractivity contribution in [3.63, 3.8) is 0 Å². The van der Waals surface area contributed by atoms with Gasteiger partial charge in [0.25, 0.3) is 11.8 Å². The van der Waals surface area contributed by atoms with Gasteiger partial charge in [-0.2, -0.15) is 0 Å². The number of hydrogen-bond donors (Lipinski definition) is 0. The van der Waals surface area contributed by atoms with E-state index in [1.54, 1.807) is 6.20 Å². The predicted octanol–water partition coefficient (Wildman–Crippen LogP) is 2.47. The molecule has 30 heavy (non-hydrogen) atoms. The van der Waals surface area contributed by atoms with Crippen LogP contribution in [0.15, 0.2) is 47.6 Å². The van der Waals surface area contributed by atoms with Crippen LogP contribution in [0.2, 0.25) is 0 Å². The van der Waals surface area contributed by atoms with Crippen LogP contribution in [0.25, 0.3) is 5.57 Å². The minimum absolute atomic E-state index is 0.189. The van der Waals surface area contributed by atoms with Crippen molar-refractivity contribution < 1.29 is 14.3 Å². The largest absolute Gasteiger partial charge is 0.382 e. The van der Waals surface area contributed by atoms with Crippen LogP contribution in [-0.4, -0.2) is 72.5 Å². The fourth-order valence-electron chi connectivity index (χ4n) is 3.87. The van der Waals surface area contributed by atoms with E-state index in [9.17, 15) is 9.59 Å². The lowest BCUT2D eigenvalue weighted by atomic mass is 10.1. The lowest BCUT2D eigenvalue weighted by molar-refractivity contribution is -0.137. The van der Waals surface area contributed by atoms with Crippen molar-refractivity contribution >= 4 is 34.5 Å². The smallest absolute Gasteiger partial charge is 0.277 e. The number of amides is 2. The minimum atomic E-state index is -0.193. The van der Waals surface area contributed by atoms with Gasteiger partial charge in [0, 0.05) is 57.0 Å². The zero-order chi connectivity index (χ0) is 20.9. The van der Waals surface area contributed by atoms with Gasteiger partial charge in [-0.15, -0.1) is 11.3 Å². The Morgan fingerprint density at radius 1 is 1.03 bits per heavy atom. The Hall–Kier alpha value is -2.71. The first-order valence-electron chi connectivity index (χ1n) is 10.3. The van der Waals surface area contributed by atoms with Crippen molar-refractivity contribution in [3.8, 4) is 0 Å². The molecule has 0 spiro atoms. The number of piperazine rings is 1. The Bertz CT molecular complexity index is 906. The number of hydrogen-bond acceptors (Lipinski definition) is 7. The maximum atomic E-state index is 13.3. The standard InChI is InChI=1S/C22H26N4O3S/c1-2-29-15-6-10-26-21(27)19(17-7-5-16-30-17)20(22(26)28)25-13-11-24(12-14-25)18-8-3-4-9-23-18/h3-5,7-9,16H,2,6,10-15H2,1H3. The third-order valence-corrected chi connectivity index (χ3v) is 6.24. The molecular formula is C22H26N4O3S. The number of anilines is 1. The molecule has 4 rings (SSSR count). The molecule has 2 aromatic rings. The van der Waals surface area contributed by atoms with E-state index < -0.39 is 0 Å². The number of thiophene rings is 1. The number of aromatic nitrogens is 1. The Kier molecular flexibility index (Phi) is 6.44. The molecule has 0 N–H and O–H groups in total. The van der Waals surface area contributed by atoms with Gasteiger partial charge < -0.3 is 14.5 Å². The summed E-state index contributed by atoms with van der Waals surface area (Å²) in [5.74, 6) is 0.559. The molecule has 0 bridgehead atoms. The van der Waals surface area contributed by atoms with Crippen LogP contribution in [-0.2, 0) is 14.3 Å². The number of rotatable bonds is 8. The molecule has 2 amide bonds.